The van der Waals surface area contributed by atoms with Crippen LogP contribution in [0, 0.1) is 5.92 Å². The van der Waals surface area contributed by atoms with Crippen molar-refractivity contribution in [1.29, 1.82) is 0 Å². The summed E-state index contributed by atoms with van der Waals surface area (Å²) in [5.74, 6) is 0.879. The maximum Gasteiger partial charge on any atom is 0.0891 e. The van der Waals surface area contributed by atoms with Gasteiger partial charge >= 0.3 is 0 Å². The van der Waals surface area contributed by atoms with E-state index in [1.54, 1.807) is 0 Å². The van der Waals surface area contributed by atoms with Crippen molar-refractivity contribution in [3.63, 3.8) is 0 Å². The van der Waals surface area contributed by atoms with Crippen molar-refractivity contribution >= 4 is 0 Å². The molecule has 0 atom stereocenters. The molecule has 0 aromatic carbocycles. The van der Waals surface area contributed by atoms with Crippen LogP contribution in [0.25, 0.3) is 0 Å². The van der Waals surface area contributed by atoms with Crippen LogP contribution >= 0.6 is 0 Å². The number of hydrogen-bond donors (Lipinski definition) is 1. The molecule has 1 aliphatic rings. The van der Waals surface area contributed by atoms with Crippen LogP contribution in [-0.2, 0) is 17.9 Å². The molecule has 0 unspecified atom stereocenters. The van der Waals surface area contributed by atoms with Crippen molar-refractivity contribution < 1.29 is 4.74 Å². The second kappa shape index (κ2) is 6.86. The van der Waals surface area contributed by atoms with Gasteiger partial charge in [-0.25, -0.2) is 0 Å². The molecule has 0 bridgehead atoms. The van der Waals surface area contributed by atoms with Gasteiger partial charge in [-0.2, -0.15) is 0 Å². The number of nitrogens with one attached hydrogen (secondary N) is 1. The molecule has 1 fully saturated rings. The lowest BCUT2D eigenvalue weighted by atomic mass is 9.89. The van der Waals surface area contributed by atoms with Crippen LogP contribution in [0.4, 0.5) is 0 Å². The molecule has 0 aliphatic heterocycles. The van der Waals surface area contributed by atoms with Crippen LogP contribution < -0.4 is 5.32 Å². The predicted molar refractivity (Wildman–Crippen MR) is 73.2 cm³/mol. The molecule has 0 saturated heterocycles. The zero-order valence-corrected chi connectivity index (χ0v) is 11.5. The molecule has 100 valence electrons. The monoisotopic (exact) mass is 248 g/mol. The summed E-state index contributed by atoms with van der Waals surface area (Å²) in [6, 6.07) is 4.18. The molecule has 0 radical (unpaired) electrons. The first-order valence-corrected chi connectivity index (χ1v) is 6.98. The molecule has 0 spiro atoms. The zero-order valence-electron chi connectivity index (χ0n) is 11.5. The SMILES string of the molecule is CNCc1ccc(COC2CCC(C)CC2)nc1. The fourth-order valence-electron chi connectivity index (χ4n) is 2.45. The zero-order chi connectivity index (χ0) is 12.8. The highest BCUT2D eigenvalue weighted by atomic mass is 16.5. The van der Waals surface area contributed by atoms with Crippen molar-refractivity contribution in [1.82, 2.24) is 10.3 Å². The lowest BCUT2D eigenvalue weighted by molar-refractivity contribution is 0.00727. The summed E-state index contributed by atoms with van der Waals surface area (Å²) < 4.78 is 5.94. The first-order valence-electron chi connectivity index (χ1n) is 6.98. The highest BCUT2D eigenvalue weighted by molar-refractivity contribution is 5.13. The van der Waals surface area contributed by atoms with Gasteiger partial charge < -0.3 is 10.1 Å². The highest BCUT2D eigenvalue weighted by Crippen LogP contribution is 2.25. The van der Waals surface area contributed by atoms with Crippen LogP contribution in [0.2, 0.25) is 0 Å². The highest BCUT2D eigenvalue weighted by Gasteiger charge is 2.18. The predicted octanol–water partition coefficient (Wildman–Crippen LogP) is 2.90. The Morgan fingerprint density at radius 1 is 1.28 bits per heavy atom. The van der Waals surface area contributed by atoms with E-state index in [2.05, 4.69) is 29.4 Å². The standard InChI is InChI=1S/C15H24N2O/c1-12-3-7-15(8-4-12)18-11-14-6-5-13(9-16-2)10-17-14/h5-6,10,12,15-16H,3-4,7-9,11H2,1-2H3. The summed E-state index contributed by atoms with van der Waals surface area (Å²) in [5, 5.41) is 3.12. The first-order chi connectivity index (χ1) is 8.78. The van der Waals surface area contributed by atoms with E-state index in [-0.39, 0.29) is 0 Å². The maximum absolute atomic E-state index is 5.94. The summed E-state index contributed by atoms with van der Waals surface area (Å²) in [6.45, 7) is 3.85. The summed E-state index contributed by atoms with van der Waals surface area (Å²) in [4.78, 5) is 4.43. The van der Waals surface area contributed by atoms with Crippen molar-refractivity contribution in [2.24, 2.45) is 5.92 Å². The summed E-state index contributed by atoms with van der Waals surface area (Å²) >= 11 is 0. The molecule has 3 nitrogen and oxygen atoms in total. The van der Waals surface area contributed by atoms with E-state index in [9.17, 15) is 0 Å². The Balaban J connectivity index is 1.76. The van der Waals surface area contributed by atoms with Gasteiger partial charge in [0.2, 0.25) is 0 Å². The number of ether oxygens (including phenoxy) is 1. The van der Waals surface area contributed by atoms with Crippen LogP contribution in [0.1, 0.15) is 43.9 Å². The van der Waals surface area contributed by atoms with E-state index in [4.69, 9.17) is 4.74 Å². The second-order valence-electron chi connectivity index (χ2n) is 5.38. The molecule has 1 heterocycles. The molecule has 3 heteroatoms. The average molecular weight is 248 g/mol. The molecule has 1 aromatic rings. The van der Waals surface area contributed by atoms with E-state index in [0.29, 0.717) is 12.7 Å². The third kappa shape index (κ3) is 4.07. The van der Waals surface area contributed by atoms with Gasteiger partial charge in [0.15, 0.2) is 0 Å². The number of nitrogens with zero attached hydrogens (tertiary/aromatic N) is 1. The molecule has 1 aromatic heterocycles. The Morgan fingerprint density at radius 3 is 2.67 bits per heavy atom. The van der Waals surface area contributed by atoms with Crippen molar-refractivity contribution in [3.05, 3.63) is 29.6 Å². The molecular formula is C15H24N2O. The molecule has 1 N–H and O–H groups in total. The molecule has 2 rings (SSSR count). The Bertz CT molecular complexity index is 342. The molecule has 18 heavy (non-hydrogen) atoms. The van der Waals surface area contributed by atoms with Gasteiger partial charge in [-0.3, -0.25) is 4.98 Å². The Labute approximate surface area is 110 Å². The van der Waals surface area contributed by atoms with Gasteiger partial charge in [-0.1, -0.05) is 13.0 Å². The summed E-state index contributed by atoms with van der Waals surface area (Å²) in [6.07, 6.45) is 7.40. The maximum atomic E-state index is 5.94. The van der Waals surface area contributed by atoms with Gasteiger partial charge in [-0.15, -0.1) is 0 Å². The first kappa shape index (κ1) is 13.5. The fraction of sp³-hybridized carbons (Fsp3) is 0.667. The quantitative estimate of drug-likeness (QED) is 0.870. The fourth-order valence-corrected chi connectivity index (χ4v) is 2.45. The van der Waals surface area contributed by atoms with Crippen molar-refractivity contribution in [3.8, 4) is 0 Å². The van der Waals surface area contributed by atoms with Crippen molar-refractivity contribution in [2.45, 2.75) is 51.9 Å². The van der Waals surface area contributed by atoms with E-state index in [1.807, 2.05) is 13.2 Å². The minimum Gasteiger partial charge on any atom is -0.372 e. The Kier molecular flexibility index (Phi) is 5.14. The van der Waals surface area contributed by atoms with Crippen LogP contribution in [-0.4, -0.2) is 18.1 Å². The number of pyridine rings is 1. The summed E-state index contributed by atoms with van der Waals surface area (Å²) in [7, 11) is 1.95. The van der Waals surface area contributed by atoms with Gasteiger partial charge in [0, 0.05) is 12.7 Å². The Morgan fingerprint density at radius 2 is 2.06 bits per heavy atom. The van der Waals surface area contributed by atoms with Crippen LogP contribution in [0.15, 0.2) is 18.3 Å². The van der Waals surface area contributed by atoms with Gasteiger partial charge in [0.1, 0.15) is 0 Å². The minimum absolute atomic E-state index is 0.444. The lowest BCUT2D eigenvalue weighted by Gasteiger charge is -2.26. The topological polar surface area (TPSA) is 34.1 Å². The number of hydrogen-bond acceptors (Lipinski definition) is 3. The Hall–Kier alpha value is -0.930. The van der Waals surface area contributed by atoms with Crippen molar-refractivity contribution in [2.75, 3.05) is 7.05 Å². The smallest absolute Gasteiger partial charge is 0.0891 e. The molecule has 1 saturated carbocycles. The van der Waals surface area contributed by atoms with E-state index in [0.717, 1.165) is 18.2 Å². The van der Waals surface area contributed by atoms with Crippen LogP contribution in [0.5, 0.6) is 0 Å². The minimum atomic E-state index is 0.444. The summed E-state index contributed by atoms with van der Waals surface area (Å²) in [5.41, 5.74) is 2.25. The molecular weight excluding hydrogens is 224 g/mol. The van der Waals surface area contributed by atoms with E-state index >= 15 is 0 Å². The molecule has 0 amide bonds. The van der Waals surface area contributed by atoms with Gasteiger partial charge in [0.05, 0.1) is 18.4 Å². The lowest BCUT2D eigenvalue weighted by Crippen LogP contribution is -2.20. The average Bonchev–Trinajstić information content (AvgIpc) is 2.40. The van der Waals surface area contributed by atoms with E-state index in [1.165, 1.54) is 31.2 Å². The second-order valence-corrected chi connectivity index (χ2v) is 5.38. The van der Waals surface area contributed by atoms with Gasteiger partial charge in [-0.05, 0) is 50.3 Å². The number of rotatable bonds is 5. The van der Waals surface area contributed by atoms with E-state index < -0.39 is 0 Å². The number of aromatic nitrogens is 1. The molecule has 1 aliphatic carbocycles. The van der Waals surface area contributed by atoms with Gasteiger partial charge in [0.25, 0.3) is 0 Å². The normalized spacial score (nSPS) is 24.1. The van der Waals surface area contributed by atoms with Crippen LogP contribution in [0.3, 0.4) is 0 Å². The largest absolute Gasteiger partial charge is 0.372 e. The third-order valence-corrected chi connectivity index (χ3v) is 3.70. The third-order valence-electron chi connectivity index (χ3n) is 3.70.